The molecule has 0 atom stereocenters. The van der Waals surface area contributed by atoms with Gasteiger partial charge in [-0.25, -0.2) is 13.8 Å². The number of hydrogen-bond acceptors (Lipinski definition) is 4. The quantitative estimate of drug-likeness (QED) is 0.895. The van der Waals surface area contributed by atoms with Crippen molar-refractivity contribution in [3.05, 3.63) is 41.6 Å². The number of aryl methyl sites for hydroxylation is 1. The third kappa shape index (κ3) is 2.73. The van der Waals surface area contributed by atoms with E-state index >= 15 is 0 Å². The van der Waals surface area contributed by atoms with E-state index in [4.69, 9.17) is 10.5 Å². The van der Waals surface area contributed by atoms with E-state index in [1.807, 2.05) is 0 Å². The van der Waals surface area contributed by atoms with Crippen LogP contribution >= 0.6 is 0 Å². The van der Waals surface area contributed by atoms with Crippen molar-refractivity contribution in [2.24, 2.45) is 0 Å². The van der Waals surface area contributed by atoms with Gasteiger partial charge in [0.25, 0.3) is 0 Å². The molecule has 2 aromatic rings. The molecule has 100 valence electrons. The van der Waals surface area contributed by atoms with Gasteiger partial charge in [-0.1, -0.05) is 0 Å². The summed E-state index contributed by atoms with van der Waals surface area (Å²) in [5.74, 6) is -1.05. The van der Waals surface area contributed by atoms with Crippen LogP contribution in [0.15, 0.2) is 24.4 Å². The van der Waals surface area contributed by atoms with E-state index in [1.165, 1.54) is 13.3 Å². The fraction of sp³-hybridized carbons (Fsp3) is 0.154. The molecule has 1 aromatic heterocycles. The van der Waals surface area contributed by atoms with E-state index in [9.17, 15) is 8.78 Å². The predicted molar refractivity (Wildman–Crippen MR) is 69.6 cm³/mol. The highest BCUT2D eigenvalue weighted by atomic mass is 19.1. The highest BCUT2D eigenvalue weighted by molar-refractivity contribution is 5.61. The molecule has 4 nitrogen and oxygen atoms in total. The molecule has 1 aromatic carbocycles. The van der Waals surface area contributed by atoms with Gasteiger partial charge in [-0.2, -0.15) is 0 Å². The Kier molecular flexibility index (Phi) is 3.50. The minimum absolute atomic E-state index is 0.0185. The standard InChI is InChI=1S/C13H13F2N3O/c1-7-3-13(17-6-10(7)16)18-11-4-9(15)12(19-2)5-8(11)14/h3-6H,16H2,1-2H3,(H,17,18). The molecule has 0 aliphatic carbocycles. The summed E-state index contributed by atoms with van der Waals surface area (Å²) >= 11 is 0. The van der Waals surface area contributed by atoms with E-state index < -0.39 is 11.6 Å². The summed E-state index contributed by atoms with van der Waals surface area (Å²) in [7, 11) is 1.27. The first-order chi connectivity index (χ1) is 9.01. The monoisotopic (exact) mass is 265 g/mol. The first kappa shape index (κ1) is 13.1. The number of nitrogens with two attached hydrogens (primary N) is 1. The second kappa shape index (κ2) is 5.09. The lowest BCUT2D eigenvalue weighted by atomic mass is 10.2. The van der Waals surface area contributed by atoms with Gasteiger partial charge in [-0.15, -0.1) is 0 Å². The number of aromatic nitrogens is 1. The molecular formula is C13H13F2N3O. The zero-order valence-electron chi connectivity index (χ0n) is 10.5. The lowest BCUT2D eigenvalue weighted by molar-refractivity contribution is 0.383. The first-order valence-electron chi connectivity index (χ1n) is 5.53. The van der Waals surface area contributed by atoms with Gasteiger partial charge in [0.1, 0.15) is 5.82 Å². The Balaban J connectivity index is 2.32. The molecule has 0 unspecified atom stereocenters. The average molecular weight is 265 g/mol. The number of nitrogen functional groups attached to an aromatic ring is 1. The van der Waals surface area contributed by atoms with Gasteiger partial charge in [0, 0.05) is 12.1 Å². The minimum Gasteiger partial charge on any atom is -0.494 e. The van der Waals surface area contributed by atoms with Gasteiger partial charge in [0.15, 0.2) is 17.4 Å². The molecule has 19 heavy (non-hydrogen) atoms. The van der Waals surface area contributed by atoms with Crippen molar-refractivity contribution in [2.45, 2.75) is 6.92 Å². The summed E-state index contributed by atoms with van der Waals surface area (Å²) in [5, 5.41) is 2.70. The highest BCUT2D eigenvalue weighted by Gasteiger charge is 2.11. The third-order valence-corrected chi connectivity index (χ3v) is 2.66. The molecule has 0 aliphatic rings. The van der Waals surface area contributed by atoms with E-state index in [-0.39, 0.29) is 11.4 Å². The van der Waals surface area contributed by atoms with Gasteiger partial charge in [0.05, 0.1) is 24.7 Å². The number of nitrogens with zero attached hydrogens (tertiary/aromatic N) is 1. The Hall–Kier alpha value is -2.37. The average Bonchev–Trinajstić information content (AvgIpc) is 2.38. The zero-order valence-corrected chi connectivity index (χ0v) is 10.5. The third-order valence-electron chi connectivity index (χ3n) is 2.66. The Labute approximate surface area is 109 Å². The molecule has 6 heteroatoms. The molecular weight excluding hydrogens is 252 g/mol. The molecule has 0 saturated carbocycles. The number of halogens is 2. The number of nitrogens with one attached hydrogen (secondary N) is 1. The zero-order chi connectivity index (χ0) is 14.0. The second-order valence-electron chi connectivity index (χ2n) is 4.02. The van der Waals surface area contributed by atoms with Crippen molar-refractivity contribution < 1.29 is 13.5 Å². The Morgan fingerprint density at radius 3 is 2.58 bits per heavy atom. The number of ether oxygens (including phenoxy) is 1. The maximum Gasteiger partial charge on any atom is 0.167 e. The van der Waals surface area contributed by atoms with Gasteiger partial charge >= 0.3 is 0 Å². The Bertz CT molecular complexity index is 617. The predicted octanol–water partition coefficient (Wildman–Crippen LogP) is 3.00. The number of hydrogen-bond donors (Lipinski definition) is 2. The van der Waals surface area contributed by atoms with Crippen LogP contribution in [0.5, 0.6) is 5.75 Å². The van der Waals surface area contributed by atoms with Crippen molar-refractivity contribution in [3.63, 3.8) is 0 Å². The smallest absolute Gasteiger partial charge is 0.167 e. The van der Waals surface area contributed by atoms with Crippen molar-refractivity contribution in [3.8, 4) is 5.75 Å². The normalized spacial score (nSPS) is 10.3. The molecule has 0 spiro atoms. The maximum absolute atomic E-state index is 13.7. The van der Waals surface area contributed by atoms with Crippen molar-refractivity contribution in [1.29, 1.82) is 0 Å². The fourth-order valence-corrected chi connectivity index (χ4v) is 1.55. The summed E-state index contributed by atoms with van der Waals surface area (Å²) in [4.78, 5) is 3.99. The highest BCUT2D eigenvalue weighted by Crippen LogP contribution is 2.27. The lowest BCUT2D eigenvalue weighted by Crippen LogP contribution is -2.00. The summed E-state index contributed by atoms with van der Waals surface area (Å²) in [5.41, 5.74) is 6.95. The first-order valence-corrected chi connectivity index (χ1v) is 5.53. The van der Waals surface area contributed by atoms with Crippen LogP contribution in [0.2, 0.25) is 0 Å². The van der Waals surface area contributed by atoms with Crippen LogP contribution in [0, 0.1) is 18.6 Å². The van der Waals surface area contributed by atoms with Crippen LogP contribution < -0.4 is 15.8 Å². The minimum atomic E-state index is -0.654. The largest absolute Gasteiger partial charge is 0.494 e. The molecule has 2 rings (SSSR count). The van der Waals surface area contributed by atoms with Crippen molar-refractivity contribution >= 4 is 17.2 Å². The number of methoxy groups -OCH3 is 1. The number of rotatable bonds is 3. The van der Waals surface area contributed by atoms with E-state index in [0.29, 0.717) is 11.5 Å². The molecule has 3 N–H and O–H groups in total. The van der Waals surface area contributed by atoms with Crippen LogP contribution in [0.3, 0.4) is 0 Å². The van der Waals surface area contributed by atoms with Gasteiger partial charge < -0.3 is 15.8 Å². The lowest BCUT2D eigenvalue weighted by Gasteiger charge is -2.10. The van der Waals surface area contributed by atoms with Crippen LogP contribution in [0.25, 0.3) is 0 Å². The summed E-state index contributed by atoms with van der Waals surface area (Å²) in [6, 6.07) is 3.64. The molecule has 0 amide bonds. The van der Waals surface area contributed by atoms with E-state index in [1.54, 1.807) is 13.0 Å². The number of anilines is 3. The molecule has 0 fully saturated rings. The van der Waals surface area contributed by atoms with Crippen molar-refractivity contribution in [1.82, 2.24) is 4.98 Å². The van der Waals surface area contributed by atoms with Crippen LogP contribution in [0.4, 0.5) is 26.0 Å². The molecule has 1 heterocycles. The van der Waals surface area contributed by atoms with Crippen molar-refractivity contribution in [2.75, 3.05) is 18.2 Å². The number of benzene rings is 1. The summed E-state index contributed by atoms with van der Waals surface area (Å²) < 4.78 is 31.9. The Morgan fingerprint density at radius 1 is 1.21 bits per heavy atom. The molecule has 0 bridgehead atoms. The molecule has 0 aliphatic heterocycles. The molecule has 0 radical (unpaired) electrons. The van der Waals surface area contributed by atoms with Gasteiger partial charge in [-0.05, 0) is 18.6 Å². The topological polar surface area (TPSA) is 60.2 Å². The fourth-order valence-electron chi connectivity index (χ4n) is 1.55. The maximum atomic E-state index is 13.7. The Morgan fingerprint density at radius 2 is 1.95 bits per heavy atom. The summed E-state index contributed by atoms with van der Waals surface area (Å²) in [6.07, 6.45) is 1.45. The summed E-state index contributed by atoms with van der Waals surface area (Å²) in [6.45, 7) is 1.80. The van der Waals surface area contributed by atoms with E-state index in [2.05, 4.69) is 10.3 Å². The van der Waals surface area contributed by atoms with E-state index in [0.717, 1.165) is 17.7 Å². The van der Waals surface area contributed by atoms with Gasteiger partial charge in [-0.3, -0.25) is 0 Å². The molecule has 0 saturated heterocycles. The van der Waals surface area contributed by atoms with Crippen LogP contribution in [0.1, 0.15) is 5.56 Å². The van der Waals surface area contributed by atoms with Crippen LogP contribution in [-0.2, 0) is 0 Å². The second-order valence-corrected chi connectivity index (χ2v) is 4.02. The SMILES string of the molecule is COc1cc(F)c(Nc2cc(C)c(N)cn2)cc1F. The number of pyridine rings is 1. The van der Waals surface area contributed by atoms with Gasteiger partial charge in [0.2, 0.25) is 0 Å². The van der Waals surface area contributed by atoms with Crippen LogP contribution in [-0.4, -0.2) is 12.1 Å².